The highest BCUT2D eigenvalue weighted by atomic mass is 127. The number of rotatable bonds is 8. The number of hydrogen-bond acceptors (Lipinski definition) is 5. The third kappa shape index (κ3) is 7.51. The summed E-state index contributed by atoms with van der Waals surface area (Å²) in [5.41, 5.74) is 0. The number of guanidine groups is 1. The van der Waals surface area contributed by atoms with Gasteiger partial charge in [-0.3, -0.25) is 4.99 Å². The standard InChI is InChI=1S/C16H26ClN5O2.HI/c1-18-16(20-7-9-24-11-10-23-2)21-13-5-8-22(12-13)15-14(17)4-3-6-19-15;/h3-4,6,13H,5,7-12H2,1-2H3,(H2,18,20,21);1H. The number of anilines is 1. The van der Waals surface area contributed by atoms with Gasteiger partial charge in [-0.15, -0.1) is 24.0 Å². The maximum Gasteiger partial charge on any atom is 0.191 e. The number of nitrogens with zero attached hydrogens (tertiary/aromatic N) is 3. The van der Waals surface area contributed by atoms with E-state index < -0.39 is 0 Å². The van der Waals surface area contributed by atoms with Gasteiger partial charge in [-0.2, -0.15) is 0 Å². The molecule has 1 aromatic heterocycles. The van der Waals surface area contributed by atoms with Crippen molar-refractivity contribution >= 4 is 47.4 Å². The molecule has 2 rings (SSSR count). The average Bonchev–Trinajstić information content (AvgIpc) is 3.05. The highest BCUT2D eigenvalue weighted by Crippen LogP contribution is 2.25. The largest absolute Gasteiger partial charge is 0.382 e. The first-order chi connectivity index (χ1) is 11.7. The molecule has 1 fully saturated rings. The molecular formula is C16H27ClIN5O2. The molecular weight excluding hydrogens is 457 g/mol. The van der Waals surface area contributed by atoms with Gasteiger partial charge in [-0.1, -0.05) is 11.6 Å². The number of pyridine rings is 1. The predicted molar refractivity (Wildman–Crippen MR) is 112 cm³/mol. The molecule has 2 heterocycles. The first-order valence-electron chi connectivity index (χ1n) is 8.14. The molecule has 1 aliphatic heterocycles. The molecule has 0 amide bonds. The molecule has 0 spiro atoms. The zero-order valence-corrected chi connectivity index (χ0v) is 17.8. The van der Waals surface area contributed by atoms with E-state index in [4.69, 9.17) is 21.1 Å². The molecule has 2 N–H and O–H groups in total. The van der Waals surface area contributed by atoms with Gasteiger partial charge in [0.25, 0.3) is 0 Å². The monoisotopic (exact) mass is 483 g/mol. The van der Waals surface area contributed by atoms with Crippen LogP contribution in [0.15, 0.2) is 23.3 Å². The van der Waals surface area contributed by atoms with Crippen molar-refractivity contribution in [1.29, 1.82) is 0 Å². The van der Waals surface area contributed by atoms with Crippen LogP contribution in [-0.2, 0) is 9.47 Å². The minimum absolute atomic E-state index is 0. The van der Waals surface area contributed by atoms with E-state index in [0.717, 1.165) is 31.3 Å². The van der Waals surface area contributed by atoms with Gasteiger partial charge in [0, 0.05) is 46.0 Å². The van der Waals surface area contributed by atoms with Crippen molar-refractivity contribution in [2.45, 2.75) is 12.5 Å². The van der Waals surface area contributed by atoms with Gasteiger partial charge in [0.1, 0.15) is 5.82 Å². The van der Waals surface area contributed by atoms with Crippen LogP contribution in [0.1, 0.15) is 6.42 Å². The van der Waals surface area contributed by atoms with Crippen LogP contribution in [-0.4, -0.2) is 70.6 Å². The lowest BCUT2D eigenvalue weighted by atomic mass is 10.3. The lowest BCUT2D eigenvalue weighted by Gasteiger charge is -2.20. The summed E-state index contributed by atoms with van der Waals surface area (Å²) in [6.45, 7) is 4.30. The van der Waals surface area contributed by atoms with E-state index in [9.17, 15) is 0 Å². The van der Waals surface area contributed by atoms with Crippen molar-refractivity contribution in [2.24, 2.45) is 4.99 Å². The van der Waals surface area contributed by atoms with E-state index in [0.29, 0.717) is 37.4 Å². The van der Waals surface area contributed by atoms with Gasteiger partial charge in [-0.05, 0) is 18.6 Å². The third-order valence-electron chi connectivity index (χ3n) is 3.76. The molecule has 7 nitrogen and oxygen atoms in total. The Labute approximate surface area is 171 Å². The van der Waals surface area contributed by atoms with E-state index >= 15 is 0 Å². The fraction of sp³-hybridized carbons (Fsp3) is 0.625. The van der Waals surface area contributed by atoms with E-state index in [1.54, 1.807) is 20.4 Å². The molecule has 0 saturated carbocycles. The highest BCUT2D eigenvalue weighted by molar-refractivity contribution is 14.0. The van der Waals surface area contributed by atoms with E-state index in [1.165, 1.54) is 0 Å². The summed E-state index contributed by atoms with van der Waals surface area (Å²) in [4.78, 5) is 10.8. The summed E-state index contributed by atoms with van der Waals surface area (Å²) in [7, 11) is 3.43. The fourth-order valence-corrected chi connectivity index (χ4v) is 2.80. The molecule has 0 aromatic carbocycles. The first-order valence-corrected chi connectivity index (χ1v) is 8.51. The zero-order valence-electron chi connectivity index (χ0n) is 14.7. The molecule has 0 bridgehead atoms. The number of aromatic nitrogens is 1. The van der Waals surface area contributed by atoms with Gasteiger partial charge in [-0.25, -0.2) is 4.98 Å². The SMILES string of the molecule is CN=C(NCCOCCOC)NC1CCN(c2ncccc2Cl)C1.I. The lowest BCUT2D eigenvalue weighted by Crippen LogP contribution is -2.45. The minimum atomic E-state index is 0. The van der Waals surface area contributed by atoms with Crippen molar-refractivity contribution in [1.82, 2.24) is 15.6 Å². The normalized spacial score (nSPS) is 17.3. The quantitative estimate of drug-likeness (QED) is 0.254. The molecule has 1 aromatic rings. The predicted octanol–water partition coefficient (Wildman–Crippen LogP) is 1.76. The summed E-state index contributed by atoms with van der Waals surface area (Å²) < 4.78 is 10.4. The van der Waals surface area contributed by atoms with Gasteiger partial charge in [0.05, 0.1) is 24.8 Å². The Morgan fingerprint density at radius 2 is 2.28 bits per heavy atom. The average molecular weight is 484 g/mol. The topological polar surface area (TPSA) is 71.0 Å². The second-order valence-electron chi connectivity index (χ2n) is 5.49. The van der Waals surface area contributed by atoms with Crippen LogP contribution in [0, 0.1) is 0 Å². The van der Waals surface area contributed by atoms with Gasteiger partial charge < -0.3 is 25.0 Å². The number of aliphatic imine (C=N–C) groups is 1. The Bertz CT molecular complexity index is 535. The van der Waals surface area contributed by atoms with E-state index in [2.05, 4.69) is 25.5 Å². The van der Waals surface area contributed by atoms with Crippen LogP contribution in [0.5, 0.6) is 0 Å². The Hall–Kier alpha value is -0.840. The van der Waals surface area contributed by atoms with Gasteiger partial charge in [0.15, 0.2) is 5.96 Å². The molecule has 1 aliphatic rings. The number of methoxy groups -OCH3 is 1. The van der Waals surface area contributed by atoms with Crippen molar-refractivity contribution in [2.75, 3.05) is 58.5 Å². The summed E-state index contributed by atoms with van der Waals surface area (Å²) in [6, 6.07) is 4.02. The van der Waals surface area contributed by atoms with Crippen LogP contribution < -0.4 is 15.5 Å². The molecule has 9 heteroatoms. The van der Waals surface area contributed by atoms with Crippen molar-refractivity contribution in [3.63, 3.8) is 0 Å². The number of hydrogen-bond donors (Lipinski definition) is 2. The zero-order chi connectivity index (χ0) is 17.2. The highest BCUT2D eigenvalue weighted by Gasteiger charge is 2.25. The Morgan fingerprint density at radius 3 is 3.00 bits per heavy atom. The van der Waals surface area contributed by atoms with Crippen LogP contribution in [0.3, 0.4) is 0 Å². The van der Waals surface area contributed by atoms with Gasteiger partial charge in [0.2, 0.25) is 0 Å². The molecule has 1 saturated heterocycles. The molecule has 0 aliphatic carbocycles. The van der Waals surface area contributed by atoms with Crippen molar-refractivity contribution in [3.05, 3.63) is 23.4 Å². The third-order valence-corrected chi connectivity index (χ3v) is 4.06. The maximum atomic E-state index is 6.22. The second-order valence-corrected chi connectivity index (χ2v) is 5.90. The van der Waals surface area contributed by atoms with Crippen LogP contribution in [0.4, 0.5) is 5.82 Å². The molecule has 25 heavy (non-hydrogen) atoms. The van der Waals surface area contributed by atoms with Crippen molar-refractivity contribution in [3.8, 4) is 0 Å². The van der Waals surface area contributed by atoms with Crippen LogP contribution in [0.25, 0.3) is 0 Å². The Balaban J connectivity index is 0.00000312. The number of ether oxygens (including phenoxy) is 2. The van der Waals surface area contributed by atoms with Crippen LogP contribution in [0.2, 0.25) is 5.02 Å². The summed E-state index contributed by atoms with van der Waals surface area (Å²) >= 11 is 6.22. The lowest BCUT2D eigenvalue weighted by molar-refractivity contribution is 0.0733. The van der Waals surface area contributed by atoms with E-state index in [1.807, 2.05) is 12.1 Å². The smallest absolute Gasteiger partial charge is 0.191 e. The summed E-state index contributed by atoms with van der Waals surface area (Å²) in [5.74, 6) is 1.63. The summed E-state index contributed by atoms with van der Waals surface area (Å²) in [6.07, 6.45) is 2.78. The van der Waals surface area contributed by atoms with Gasteiger partial charge >= 0.3 is 0 Å². The first kappa shape index (κ1) is 22.2. The Morgan fingerprint density at radius 1 is 1.44 bits per heavy atom. The molecule has 142 valence electrons. The Kier molecular flexibility index (Phi) is 11.1. The maximum absolute atomic E-state index is 6.22. The molecule has 1 unspecified atom stereocenters. The second kappa shape index (κ2) is 12.5. The van der Waals surface area contributed by atoms with Crippen molar-refractivity contribution < 1.29 is 9.47 Å². The minimum Gasteiger partial charge on any atom is -0.382 e. The number of nitrogens with one attached hydrogen (secondary N) is 2. The van der Waals surface area contributed by atoms with Crippen LogP contribution >= 0.6 is 35.6 Å². The number of halogens is 2. The van der Waals surface area contributed by atoms with E-state index in [-0.39, 0.29) is 24.0 Å². The summed E-state index contributed by atoms with van der Waals surface area (Å²) in [5, 5.41) is 7.37. The molecule has 1 atom stereocenters. The fourth-order valence-electron chi connectivity index (χ4n) is 2.55. The molecule has 0 radical (unpaired) electrons.